The minimum atomic E-state index is -0.169. The number of carbonyl (C=O) groups is 1. The molecule has 0 fully saturated rings. The number of carbonyl (C=O) groups excluding carboxylic acids is 1. The molecule has 1 aliphatic rings. The fourth-order valence-electron chi connectivity index (χ4n) is 2.19. The average molecular weight is 230 g/mol. The van der Waals surface area contributed by atoms with Gasteiger partial charge in [-0.15, -0.1) is 0 Å². The lowest BCUT2D eigenvalue weighted by Crippen LogP contribution is -2.16. The topological polar surface area (TPSA) is 26.3 Å². The van der Waals surface area contributed by atoms with Gasteiger partial charge in [0.1, 0.15) is 6.61 Å². The fourth-order valence-corrected chi connectivity index (χ4v) is 2.19. The third kappa shape index (κ3) is 2.41. The van der Waals surface area contributed by atoms with E-state index in [2.05, 4.69) is 6.92 Å². The van der Waals surface area contributed by atoms with Gasteiger partial charge in [0.05, 0.1) is 5.57 Å². The number of allylic oxidation sites excluding steroid dienone is 1. The lowest BCUT2D eigenvalue weighted by molar-refractivity contribution is -0.138. The van der Waals surface area contributed by atoms with Gasteiger partial charge < -0.3 is 4.74 Å². The van der Waals surface area contributed by atoms with E-state index in [0.29, 0.717) is 6.61 Å². The zero-order chi connectivity index (χ0) is 12.3. The molecular weight excluding hydrogens is 212 g/mol. The first-order chi connectivity index (χ1) is 8.24. The number of benzene rings is 1. The van der Waals surface area contributed by atoms with Gasteiger partial charge in [-0.1, -0.05) is 43.2 Å². The standard InChI is InChI=1S/C15H18O2/c1-3-4-7-11(2)14-13-9-6-5-8-12(13)10-17-15(14)16/h5-6,8-9H,3-4,7,10H2,1-2H3/b14-11+. The van der Waals surface area contributed by atoms with E-state index >= 15 is 0 Å². The molecule has 0 aliphatic carbocycles. The maximum absolute atomic E-state index is 11.9. The van der Waals surface area contributed by atoms with Crippen LogP contribution in [0.1, 0.15) is 44.2 Å². The summed E-state index contributed by atoms with van der Waals surface area (Å²) in [4.78, 5) is 11.9. The molecule has 0 unspecified atom stereocenters. The maximum Gasteiger partial charge on any atom is 0.339 e. The number of hydrogen-bond acceptors (Lipinski definition) is 2. The molecule has 1 aromatic rings. The number of unbranched alkanes of at least 4 members (excludes halogenated alkanes) is 1. The van der Waals surface area contributed by atoms with Gasteiger partial charge in [0.15, 0.2) is 0 Å². The predicted molar refractivity (Wildman–Crippen MR) is 68.4 cm³/mol. The Morgan fingerprint density at radius 2 is 2.12 bits per heavy atom. The van der Waals surface area contributed by atoms with Gasteiger partial charge in [-0.2, -0.15) is 0 Å². The molecule has 0 N–H and O–H groups in total. The van der Waals surface area contributed by atoms with Crippen LogP contribution in [0.4, 0.5) is 0 Å². The number of fused-ring (bicyclic) bond motifs is 1. The number of esters is 1. The Morgan fingerprint density at radius 3 is 2.88 bits per heavy atom. The molecule has 17 heavy (non-hydrogen) atoms. The Labute approximate surface area is 102 Å². The van der Waals surface area contributed by atoms with Crippen molar-refractivity contribution in [3.63, 3.8) is 0 Å². The van der Waals surface area contributed by atoms with Crippen molar-refractivity contribution in [2.45, 2.75) is 39.7 Å². The van der Waals surface area contributed by atoms with Crippen LogP contribution in [0.25, 0.3) is 5.57 Å². The quantitative estimate of drug-likeness (QED) is 0.584. The van der Waals surface area contributed by atoms with Gasteiger partial charge in [-0.05, 0) is 30.9 Å². The molecule has 0 saturated carbocycles. The molecule has 0 radical (unpaired) electrons. The van der Waals surface area contributed by atoms with Gasteiger partial charge in [-0.25, -0.2) is 4.79 Å². The number of rotatable bonds is 3. The summed E-state index contributed by atoms with van der Waals surface area (Å²) in [6.45, 7) is 4.60. The van der Waals surface area contributed by atoms with Crippen molar-refractivity contribution in [3.8, 4) is 0 Å². The largest absolute Gasteiger partial charge is 0.457 e. The number of hydrogen-bond donors (Lipinski definition) is 0. The van der Waals surface area contributed by atoms with Crippen molar-refractivity contribution in [1.82, 2.24) is 0 Å². The summed E-state index contributed by atoms with van der Waals surface area (Å²) in [7, 11) is 0. The molecule has 90 valence electrons. The Kier molecular flexibility index (Phi) is 3.62. The second kappa shape index (κ2) is 5.17. The highest BCUT2D eigenvalue weighted by Gasteiger charge is 2.24. The highest BCUT2D eigenvalue weighted by molar-refractivity contribution is 6.18. The van der Waals surface area contributed by atoms with Crippen molar-refractivity contribution in [1.29, 1.82) is 0 Å². The van der Waals surface area contributed by atoms with Crippen LogP contribution in [-0.4, -0.2) is 5.97 Å². The number of cyclic esters (lactones) is 1. The summed E-state index contributed by atoms with van der Waals surface area (Å²) in [5, 5.41) is 0. The minimum absolute atomic E-state index is 0.169. The Balaban J connectivity index is 2.42. The Bertz CT molecular complexity index is 458. The van der Waals surface area contributed by atoms with E-state index < -0.39 is 0 Å². The Hall–Kier alpha value is -1.57. The van der Waals surface area contributed by atoms with Gasteiger partial charge in [0.2, 0.25) is 0 Å². The van der Waals surface area contributed by atoms with Gasteiger partial charge in [-0.3, -0.25) is 0 Å². The molecule has 2 heteroatoms. The van der Waals surface area contributed by atoms with E-state index in [4.69, 9.17) is 4.74 Å². The van der Waals surface area contributed by atoms with Crippen molar-refractivity contribution in [3.05, 3.63) is 41.0 Å². The molecule has 0 aromatic heterocycles. The highest BCUT2D eigenvalue weighted by atomic mass is 16.5. The van der Waals surface area contributed by atoms with Crippen LogP contribution < -0.4 is 0 Å². The van der Waals surface area contributed by atoms with Gasteiger partial charge >= 0.3 is 5.97 Å². The van der Waals surface area contributed by atoms with E-state index in [0.717, 1.165) is 41.5 Å². The SMILES string of the molecule is CCCC/C(C)=C1/C(=O)OCc2ccccc21. The molecule has 0 atom stereocenters. The molecule has 2 nitrogen and oxygen atoms in total. The fraction of sp³-hybridized carbons (Fsp3) is 0.400. The van der Waals surface area contributed by atoms with Crippen LogP contribution >= 0.6 is 0 Å². The smallest absolute Gasteiger partial charge is 0.339 e. The molecule has 2 rings (SSSR count). The van der Waals surface area contributed by atoms with Crippen molar-refractivity contribution < 1.29 is 9.53 Å². The maximum atomic E-state index is 11.9. The van der Waals surface area contributed by atoms with E-state index in [1.165, 1.54) is 0 Å². The van der Waals surface area contributed by atoms with Crippen LogP contribution in [-0.2, 0) is 16.1 Å². The predicted octanol–water partition coefficient (Wildman–Crippen LogP) is 3.71. The molecule has 0 bridgehead atoms. The number of ether oxygens (including phenoxy) is 1. The Morgan fingerprint density at radius 1 is 1.35 bits per heavy atom. The first-order valence-corrected chi connectivity index (χ1v) is 6.19. The second-order valence-corrected chi connectivity index (χ2v) is 4.49. The van der Waals surface area contributed by atoms with E-state index in [1.54, 1.807) is 0 Å². The van der Waals surface area contributed by atoms with Crippen LogP contribution in [0, 0.1) is 0 Å². The lowest BCUT2D eigenvalue weighted by Gasteiger charge is -2.20. The molecule has 0 saturated heterocycles. The van der Waals surface area contributed by atoms with Crippen molar-refractivity contribution >= 4 is 11.5 Å². The third-order valence-electron chi connectivity index (χ3n) is 3.18. The van der Waals surface area contributed by atoms with Gasteiger partial charge in [0, 0.05) is 0 Å². The third-order valence-corrected chi connectivity index (χ3v) is 3.18. The summed E-state index contributed by atoms with van der Waals surface area (Å²) >= 11 is 0. The van der Waals surface area contributed by atoms with Gasteiger partial charge in [0.25, 0.3) is 0 Å². The molecule has 0 amide bonds. The average Bonchev–Trinajstić information content (AvgIpc) is 2.35. The summed E-state index contributed by atoms with van der Waals surface area (Å²) in [6.07, 6.45) is 3.22. The normalized spacial score (nSPS) is 17.4. The molecular formula is C15H18O2. The summed E-state index contributed by atoms with van der Waals surface area (Å²) in [6, 6.07) is 8.00. The van der Waals surface area contributed by atoms with Crippen molar-refractivity contribution in [2.75, 3.05) is 0 Å². The zero-order valence-electron chi connectivity index (χ0n) is 10.5. The summed E-state index contributed by atoms with van der Waals surface area (Å²) in [5.74, 6) is -0.169. The van der Waals surface area contributed by atoms with Crippen LogP contribution in [0.5, 0.6) is 0 Å². The van der Waals surface area contributed by atoms with E-state index in [-0.39, 0.29) is 5.97 Å². The first-order valence-electron chi connectivity index (χ1n) is 6.19. The monoisotopic (exact) mass is 230 g/mol. The van der Waals surface area contributed by atoms with E-state index in [1.807, 2.05) is 31.2 Å². The lowest BCUT2D eigenvalue weighted by atomic mass is 9.92. The zero-order valence-corrected chi connectivity index (χ0v) is 10.5. The minimum Gasteiger partial charge on any atom is -0.457 e. The van der Waals surface area contributed by atoms with Crippen LogP contribution in [0.3, 0.4) is 0 Å². The van der Waals surface area contributed by atoms with E-state index in [9.17, 15) is 4.79 Å². The summed E-state index contributed by atoms with van der Waals surface area (Å²) in [5.41, 5.74) is 4.08. The highest BCUT2D eigenvalue weighted by Crippen LogP contribution is 2.30. The second-order valence-electron chi connectivity index (χ2n) is 4.49. The molecule has 1 heterocycles. The molecule has 0 spiro atoms. The van der Waals surface area contributed by atoms with Crippen molar-refractivity contribution in [2.24, 2.45) is 0 Å². The molecule has 1 aromatic carbocycles. The van der Waals surface area contributed by atoms with Crippen LogP contribution in [0.2, 0.25) is 0 Å². The summed E-state index contributed by atoms with van der Waals surface area (Å²) < 4.78 is 5.22. The molecule has 1 aliphatic heterocycles. The van der Waals surface area contributed by atoms with Crippen LogP contribution in [0.15, 0.2) is 29.8 Å². The first kappa shape index (κ1) is 11.9.